The number of nitrogens with one attached hydrogen (secondary N) is 1. The smallest absolute Gasteiger partial charge is 0.206 e. The van der Waals surface area contributed by atoms with E-state index in [9.17, 15) is 0 Å². The van der Waals surface area contributed by atoms with Gasteiger partial charge in [-0.3, -0.25) is 4.98 Å². The average molecular weight is 310 g/mol. The minimum absolute atomic E-state index is 0.475. The van der Waals surface area contributed by atoms with Crippen LogP contribution in [0.2, 0.25) is 0 Å². The number of rotatable bonds is 6. The van der Waals surface area contributed by atoms with Crippen LogP contribution in [0.1, 0.15) is 24.8 Å². The van der Waals surface area contributed by atoms with E-state index in [1.54, 1.807) is 6.20 Å². The van der Waals surface area contributed by atoms with E-state index in [2.05, 4.69) is 51.7 Å². The molecule has 1 atom stereocenters. The highest BCUT2D eigenvalue weighted by Gasteiger charge is 2.11. The fourth-order valence-electron chi connectivity index (χ4n) is 2.32. The van der Waals surface area contributed by atoms with Crippen LogP contribution in [-0.2, 0) is 0 Å². The molecule has 0 amide bonds. The van der Waals surface area contributed by atoms with Gasteiger partial charge in [-0.05, 0) is 24.1 Å². The Labute approximate surface area is 134 Å². The molecule has 4 nitrogen and oxygen atoms in total. The number of pyridine rings is 1. The number of anilines is 1. The van der Waals surface area contributed by atoms with Gasteiger partial charge in [0.2, 0.25) is 5.13 Å². The largest absolute Gasteiger partial charge is 0.359 e. The van der Waals surface area contributed by atoms with Gasteiger partial charge in [0.1, 0.15) is 5.69 Å². The minimum Gasteiger partial charge on any atom is -0.359 e. The van der Waals surface area contributed by atoms with E-state index in [1.807, 2.05) is 24.3 Å². The van der Waals surface area contributed by atoms with E-state index < -0.39 is 0 Å². The predicted molar refractivity (Wildman–Crippen MR) is 91.1 cm³/mol. The lowest BCUT2D eigenvalue weighted by atomic mass is 9.97. The Morgan fingerprint density at radius 3 is 2.59 bits per heavy atom. The number of nitrogens with zero attached hydrogens (tertiary/aromatic N) is 3. The molecule has 112 valence electrons. The van der Waals surface area contributed by atoms with E-state index in [0.29, 0.717) is 5.92 Å². The summed E-state index contributed by atoms with van der Waals surface area (Å²) < 4.78 is 0. The third-order valence-electron chi connectivity index (χ3n) is 3.57. The zero-order valence-corrected chi connectivity index (χ0v) is 13.3. The maximum absolute atomic E-state index is 4.30. The zero-order chi connectivity index (χ0) is 15.2. The third-order valence-corrected chi connectivity index (χ3v) is 4.48. The van der Waals surface area contributed by atoms with Crippen LogP contribution in [0.3, 0.4) is 0 Å². The second-order valence-corrected chi connectivity index (χ2v) is 6.00. The molecule has 0 radical (unpaired) electrons. The highest BCUT2D eigenvalue weighted by Crippen LogP contribution is 2.26. The van der Waals surface area contributed by atoms with Crippen molar-refractivity contribution in [3.05, 3.63) is 60.3 Å². The number of aromatic nitrogens is 3. The lowest BCUT2D eigenvalue weighted by molar-refractivity contribution is 0.694. The molecule has 0 saturated heterocycles. The molecule has 0 aliphatic carbocycles. The van der Waals surface area contributed by atoms with Crippen molar-refractivity contribution in [2.24, 2.45) is 0 Å². The molecule has 1 N–H and O–H groups in total. The summed E-state index contributed by atoms with van der Waals surface area (Å²) >= 11 is 1.54. The third kappa shape index (κ3) is 3.49. The Bertz CT molecular complexity index is 697. The summed E-state index contributed by atoms with van der Waals surface area (Å²) in [5.41, 5.74) is 2.22. The second-order valence-electron chi connectivity index (χ2n) is 5.02. The molecule has 3 rings (SSSR count). The minimum atomic E-state index is 0.475. The van der Waals surface area contributed by atoms with Gasteiger partial charge >= 0.3 is 0 Å². The number of hydrogen-bond donors (Lipinski definition) is 1. The summed E-state index contributed by atoms with van der Waals surface area (Å²) in [6.07, 6.45) is 2.86. The van der Waals surface area contributed by atoms with Crippen molar-refractivity contribution in [1.82, 2.24) is 15.2 Å². The first kappa shape index (κ1) is 14.7. The maximum atomic E-state index is 4.30. The Kier molecular flexibility index (Phi) is 4.75. The van der Waals surface area contributed by atoms with E-state index in [0.717, 1.165) is 28.8 Å². The average Bonchev–Trinajstić information content (AvgIpc) is 3.06. The van der Waals surface area contributed by atoms with Crippen molar-refractivity contribution in [2.45, 2.75) is 19.3 Å². The molecule has 22 heavy (non-hydrogen) atoms. The summed E-state index contributed by atoms with van der Waals surface area (Å²) in [5, 5.41) is 13.5. The molecule has 0 aliphatic rings. The van der Waals surface area contributed by atoms with Gasteiger partial charge in [-0.15, -0.1) is 10.2 Å². The summed E-state index contributed by atoms with van der Waals surface area (Å²) in [5.74, 6) is 0.475. The van der Waals surface area contributed by atoms with Gasteiger partial charge in [-0.25, -0.2) is 0 Å². The summed E-state index contributed by atoms with van der Waals surface area (Å²) in [4.78, 5) is 4.30. The predicted octanol–water partition coefficient (Wildman–Crippen LogP) is 4.21. The van der Waals surface area contributed by atoms with Gasteiger partial charge in [-0.1, -0.05) is 54.7 Å². The molecule has 0 fully saturated rings. The lowest BCUT2D eigenvalue weighted by Crippen LogP contribution is -2.11. The van der Waals surface area contributed by atoms with Crippen molar-refractivity contribution >= 4 is 16.5 Å². The van der Waals surface area contributed by atoms with Crippen molar-refractivity contribution < 1.29 is 0 Å². The van der Waals surface area contributed by atoms with E-state index >= 15 is 0 Å². The van der Waals surface area contributed by atoms with Gasteiger partial charge in [0.05, 0.1) is 0 Å². The monoisotopic (exact) mass is 310 g/mol. The van der Waals surface area contributed by atoms with Gasteiger partial charge in [0.25, 0.3) is 0 Å². The number of benzene rings is 1. The first-order valence-electron chi connectivity index (χ1n) is 7.40. The van der Waals surface area contributed by atoms with Gasteiger partial charge < -0.3 is 5.32 Å². The topological polar surface area (TPSA) is 50.7 Å². The normalized spacial score (nSPS) is 12.0. The van der Waals surface area contributed by atoms with Gasteiger partial charge in [0, 0.05) is 18.7 Å². The van der Waals surface area contributed by atoms with Crippen LogP contribution in [0.5, 0.6) is 0 Å². The first-order valence-corrected chi connectivity index (χ1v) is 8.22. The van der Waals surface area contributed by atoms with Crippen molar-refractivity contribution in [3.63, 3.8) is 0 Å². The van der Waals surface area contributed by atoms with Crippen LogP contribution in [0.15, 0.2) is 54.7 Å². The molecule has 3 aromatic rings. The standard InChI is InChI=1S/C17H18N4S/c1-2-13(14-8-4-3-5-9-14)12-19-17-21-20-16(22-17)15-10-6-7-11-18-15/h3-11,13H,2,12H2,1H3,(H,19,21). The lowest BCUT2D eigenvalue weighted by Gasteiger charge is -2.15. The van der Waals surface area contributed by atoms with Crippen molar-refractivity contribution in [2.75, 3.05) is 11.9 Å². The van der Waals surface area contributed by atoms with Crippen molar-refractivity contribution in [3.8, 4) is 10.7 Å². The SMILES string of the molecule is CCC(CNc1nnc(-c2ccccn2)s1)c1ccccc1. The molecular formula is C17H18N4S. The molecule has 5 heteroatoms. The zero-order valence-electron chi connectivity index (χ0n) is 12.4. The summed E-state index contributed by atoms with van der Waals surface area (Å²) in [6, 6.07) is 16.4. The van der Waals surface area contributed by atoms with Crippen LogP contribution in [-0.4, -0.2) is 21.7 Å². The molecule has 0 spiro atoms. The van der Waals surface area contributed by atoms with E-state index in [4.69, 9.17) is 0 Å². The Balaban J connectivity index is 1.65. The Morgan fingerprint density at radius 1 is 1.05 bits per heavy atom. The Morgan fingerprint density at radius 2 is 1.86 bits per heavy atom. The fraction of sp³-hybridized carbons (Fsp3) is 0.235. The summed E-state index contributed by atoms with van der Waals surface area (Å²) in [7, 11) is 0. The molecule has 1 aromatic carbocycles. The van der Waals surface area contributed by atoms with Crippen LogP contribution >= 0.6 is 11.3 Å². The van der Waals surface area contributed by atoms with E-state index in [-0.39, 0.29) is 0 Å². The molecule has 2 heterocycles. The van der Waals surface area contributed by atoms with Crippen molar-refractivity contribution in [1.29, 1.82) is 0 Å². The van der Waals surface area contributed by atoms with Crippen LogP contribution < -0.4 is 5.32 Å². The second kappa shape index (κ2) is 7.13. The highest BCUT2D eigenvalue weighted by atomic mass is 32.1. The molecule has 0 bridgehead atoms. The maximum Gasteiger partial charge on any atom is 0.206 e. The first-order chi connectivity index (χ1) is 10.9. The Hall–Kier alpha value is -2.27. The molecule has 0 aliphatic heterocycles. The molecule has 2 aromatic heterocycles. The van der Waals surface area contributed by atoms with Gasteiger partial charge in [-0.2, -0.15) is 0 Å². The number of hydrogen-bond acceptors (Lipinski definition) is 5. The van der Waals surface area contributed by atoms with Gasteiger partial charge in [0.15, 0.2) is 5.01 Å². The quantitative estimate of drug-likeness (QED) is 0.741. The fourth-order valence-corrected chi connectivity index (χ4v) is 3.05. The van der Waals surface area contributed by atoms with Crippen LogP contribution in [0, 0.1) is 0 Å². The molecule has 0 saturated carbocycles. The highest BCUT2D eigenvalue weighted by molar-refractivity contribution is 7.18. The molecular weight excluding hydrogens is 292 g/mol. The van der Waals surface area contributed by atoms with Crippen LogP contribution in [0.4, 0.5) is 5.13 Å². The van der Waals surface area contributed by atoms with E-state index in [1.165, 1.54) is 16.9 Å². The molecule has 1 unspecified atom stereocenters. The van der Waals surface area contributed by atoms with Crippen LogP contribution in [0.25, 0.3) is 10.7 Å². The summed E-state index contributed by atoms with van der Waals surface area (Å²) in [6.45, 7) is 3.07.